The van der Waals surface area contributed by atoms with Gasteiger partial charge in [-0.25, -0.2) is 0 Å². The van der Waals surface area contributed by atoms with Gasteiger partial charge in [-0.1, -0.05) is 32.0 Å². The third-order valence-corrected chi connectivity index (χ3v) is 4.14. The summed E-state index contributed by atoms with van der Waals surface area (Å²) in [5.41, 5.74) is 0. The molecular formula is C14H19ClO2S. The molecule has 0 aliphatic carbocycles. The predicted octanol–water partition coefficient (Wildman–Crippen LogP) is 3.83. The molecule has 1 aromatic rings. The maximum absolute atomic E-state index is 11.1. The molecule has 0 heterocycles. The summed E-state index contributed by atoms with van der Waals surface area (Å²) >= 11 is 7.20. The Kier molecular flexibility index (Phi) is 7.21. The first-order chi connectivity index (χ1) is 8.63. The molecule has 1 aromatic carbocycles. The predicted molar refractivity (Wildman–Crippen MR) is 77.2 cm³/mol. The molecule has 0 radical (unpaired) electrons. The lowest BCUT2D eigenvalue weighted by molar-refractivity contribution is -0.142. The van der Waals surface area contributed by atoms with Crippen molar-refractivity contribution in [3.8, 4) is 0 Å². The number of alkyl halides is 1. The van der Waals surface area contributed by atoms with Crippen LogP contribution in [0.3, 0.4) is 0 Å². The van der Waals surface area contributed by atoms with E-state index in [0.717, 1.165) is 5.75 Å². The Balaban J connectivity index is 2.41. The lowest BCUT2D eigenvalue weighted by atomic mass is 9.99. The molecule has 1 atom stereocenters. The highest BCUT2D eigenvalue weighted by molar-refractivity contribution is 7.99. The van der Waals surface area contributed by atoms with Crippen molar-refractivity contribution in [1.29, 1.82) is 0 Å². The van der Waals surface area contributed by atoms with E-state index < -0.39 is 0 Å². The first-order valence-corrected chi connectivity index (χ1v) is 7.55. The van der Waals surface area contributed by atoms with E-state index >= 15 is 0 Å². The van der Waals surface area contributed by atoms with Gasteiger partial charge in [0.25, 0.3) is 0 Å². The second-order valence-corrected chi connectivity index (χ2v) is 5.81. The van der Waals surface area contributed by atoms with Crippen molar-refractivity contribution >= 4 is 29.3 Å². The third-order valence-electron chi connectivity index (χ3n) is 2.72. The van der Waals surface area contributed by atoms with Gasteiger partial charge < -0.3 is 4.74 Å². The molecule has 0 aliphatic heterocycles. The van der Waals surface area contributed by atoms with Gasteiger partial charge in [-0.2, -0.15) is 0 Å². The fraction of sp³-hybridized carbons (Fsp3) is 0.500. The van der Waals surface area contributed by atoms with Gasteiger partial charge in [-0.15, -0.1) is 23.4 Å². The first kappa shape index (κ1) is 15.4. The number of thioether (sulfide) groups is 1. The molecule has 18 heavy (non-hydrogen) atoms. The van der Waals surface area contributed by atoms with E-state index in [9.17, 15) is 4.79 Å². The molecule has 2 nitrogen and oxygen atoms in total. The molecule has 0 bridgehead atoms. The van der Waals surface area contributed by atoms with Crippen LogP contribution >= 0.6 is 23.4 Å². The highest BCUT2D eigenvalue weighted by Gasteiger charge is 2.16. The van der Waals surface area contributed by atoms with Crippen LogP contribution in [-0.4, -0.2) is 24.2 Å². The van der Waals surface area contributed by atoms with E-state index in [4.69, 9.17) is 16.3 Å². The second-order valence-electron chi connectivity index (χ2n) is 4.44. The van der Waals surface area contributed by atoms with Gasteiger partial charge >= 0.3 is 5.97 Å². The average molecular weight is 287 g/mol. The number of carbonyl (C=O) groups excluding carboxylic acids is 1. The molecule has 1 rings (SSSR count). The zero-order valence-corrected chi connectivity index (χ0v) is 12.3. The van der Waals surface area contributed by atoms with Crippen LogP contribution in [0, 0.1) is 11.8 Å². The summed E-state index contributed by atoms with van der Waals surface area (Å²) in [7, 11) is 0. The topological polar surface area (TPSA) is 26.3 Å². The monoisotopic (exact) mass is 286 g/mol. The van der Waals surface area contributed by atoms with Gasteiger partial charge in [0, 0.05) is 16.6 Å². The zero-order chi connectivity index (χ0) is 13.4. The SMILES string of the molecule is CC(C)C(COC(=O)CCl)CSc1ccccc1. The van der Waals surface area contributed by atoms with Gasteiger partial charge in [0.05, 0.1) is 6.61 Å². The normalized spacial score (nSPS) is 12.4. The second kappa shape index (κ2) is 8.44. The summed E-state index contributed by atoms with van der Waals surface area (Å²) < 4.78 is 5.12. The highest BCUT2D eigenvalue weighted by Crippen LogP contribution is 2.24. The Bertz CT molecular complexity index is 354. The largest absolute Gasteiger partial charge is 0.464 e. The van der Waals surface area contributed by atoms with Crippen molar-refractivity contribution in [2.75, 3.05) is 18.2 Å². The van der Waals surface area contributed by atoms with Crippen LogP contribution in [0.2, 0.25) is 0 Å². The van der Waals surface area contributed by atoms with Crippen LogP contribution < -0.4 is 0 Å². The Morgan fingerprint density at radius 2 is 2.00 bits per heavy atom. The first-order valence-electron chi connectivity index (χ1n) is 6.03. The summed E-state index contributed by atoms with van der Waals surface area (Å²) in [4.78, 5) is 12.3. The van der Waals surface area contributed by atoms with Crippen LogP contribution in [0.15, 0.2) is 35.2 Å². The number of benzene rings is 1. The van der Waals surface area contributed by atoms with Gasteiger partial charge in [-0.3, -0.25) is 4.79 Å². The van der Waals surface area contributed by atoms with E-state index in [0.29, 0.717) is 18.4 Å². The molecule has 100 valence electrons. The molecule has 0 fully saturated rings. The van der Waals surface area contributed by atoms with Crippen molar-refractivity contribution < 1.29 is 9.53 Å². The molecule has 1 unspecified atom stereocenters. The van der Waals surface area contributed by atoms with Crippen LogP contribution in [0.4, 0.5) is 0 Å². The van der Waals surface area contributed by atoms with Crippen LogP contribution in [0.25, 0.3) is 0 Å². The minimum atomic E-state index is -0.341. The Labute approximate surface area is 118 Å². The maximum Gasteiger partial charge on any atom is 0.320 e. The molecule has 0 amide bonds. The number of esters is 1. The quantitative estimate of drug-likeness (QED) is 0.433. The Hall–Kier alpha value is -0.670. The van der Waals surface area contributed by atoms with Gasteiger partial charge in [-0.05, 0) is 18.1 Å². The molecule has 0 aliphatic rings. The van der Waals surface area contributed by atoms with E-state index in [2.05, 4.69) is 26.0 Å². The number of hydrogen-bond acceptors (Lipinski definition) is 3. The minimum absolute atomic E-state index is 0.0728. The van der Waals surface area contributed by atoms with Gasteiger partial charge in [0.15, 0.2) is 0 Å². The Morgan fingerprint density at radius 1 is 1.33 bits per heavy atom. The van der Waals surface area contributed by atoms with Crippen molar-refractivity contribution in [2.45, 2.75) is 18.7 Å². The van der Waals surface area contributed by atoms with Crippen LogP contribution in [0.5, 0.6) is 0 Å². The minimum Gasteiger partial charge on any atom is -0.464 e. The van der Waals surface area contributed by atoms with Crippen molar-refractivity contribution in [3.63, 3.8) is 0 Å². The lowest BCUT2D eigenvalue weighted by Crippen LogP contribution is -2.21. The molecular weight excluding hydrogens is 268 g/mol. The highest BCUT2D eigenvalue weighted by atomic mass is 35.5. The van der Waals surface area contributed by atoms with E-state index in [-0.39, 0.29) is 11.8 Å². The lowest BCUT2D eigenvalue weighted by Gasteiger charge is -2.20. The Morgan fingerprint density at radius 3 is 2.56 bits per heavy atom. The molecule has 4 heteroatoms. The number of rotatable bonds is 7. The standard InChI is InChI=1S/C14H19ClO2S/c1-11(2)12(9-17-14(16)8-15)10-18-13-6-4-3-5-7-13/h3-7,11-12H,8-10H2,1-2H3. The number of halogens is 1. The van der Waals surface area contributed by atoms with Gasteiger partial charge in [0.2, 0.25) is 0 Å². The maximum atomic E-state index is 11.1. The van der Waals surface area contributed by atoms with Crippen molar-refractivity contribution in [3.05, 3.63) is 30.3 Å². The molecule has 0 saturated carbocycles. The van der Waals surface area contributed by atoms with Gasteiger partial charge in [0.1, 0.15) is 5.88 Å². The molecule has 0 spiro atoms. The summed E-state index contributed by atoms with van der Waals surface area (Å²) in [5.74, 6) is 1.35. The van der Waals surface area contributed by atoms with E-state index in [1.165, 1.54) is 4.90 Å². The van der Waals surface area contributed by atoms with E-state index in [1.807, 2.05) is 18.2 Å². The summed E-state index contributed by atoms with van der Waals surface area (Å²) in [6.45, 7) is 4.73. The number of ether oxygens (including phenoxy) is 1. The molecule has 0 N–H and O–H groups in total. The summed E-state index contributed by atoms with van der Waals surface area (Å²) in [5, 5.41) is 0. The van der Waals surface area contributed by atoms with Crippen molar-refractivity contribution in [2.24, 2.45) is 11.8 Å². The fourth-order valence-electron chi connectivity index (χ4n) is 1.39. The third kappa shape index (κ3) is 5.78. The smallest absolute Gasteiger partial charge is 0.320 e. The zero-order valence-electron chi connectivity index (χ0n) is 10.8. The number of hydrogen-bond donors (Lipinski definition) is 0. The molecule has 0 saturated heterocycles. The summed E-state index contributed by atoms with van der Waals surface area (Å²) in [6.07, 6.45) is 0. The summed E-state index contributed by atoms with van der Waals surface area (Å²) in [6, 6.07) is 10.2. The van der Waals surface area contributed by atoms with Crippen LogP contribution in [0.1, 0.15) is 13.8 Å². The average Bonchev–Trinajstić information content (AvgIpc) is 2.39. The van der Waals surface area contributed by atoms with Crippen LogP contribution in [-0.2, 0) is 9.53 Å². The van der Waals surface area contributed by atoms with Crippen molar-refractivity contribution in [1.82, 2.24) is 0 Å². The molecule has 0 aromatic heterocycles. The number of carbonyl (C=O) groups is 1. The fourth-order valence-corrected chi connectivity index (χ4v) is 2.71. The van der Waals surface area contributed by atoms with E-state index in [1.54, 1.807) is 11.8 Å².